The average Bonchev–Trinajstić information content (AvgIpc) is 3.15. The number of ether oxygens (including phenoxy) is 1. The Kier molecular flexibility index (Phi) is 7.24. The minimum absolute atomic E-state index is 0.0751. The van der Waals surface area contributed by atoms with E-state index in [1.54, 1.807) is 19.9 Å². The minimum Gasteiger partial charge on any atom is -0.496 e. The number of hydrogen-bond donors (Lipinski definition) is 2. The number of nitrogens with zero attached hydrogens (tertiary/aromatic N) is 3. The number of aromatic nitrogens is 3. The summed E-state index contributed by atoms with van der Waals surface area (Å²) in [5, 5.41) is 20.1. The summed E-state index contributed by atoms with van der Waals surface area (Å²) in [7, 11) is 1.41. The van der Waals surface area contributed by atoms with Crippen LogP contribution in [0.5, 0.6) is 5.75 Å². The fourth-order valence-electron chi connectivity index (χ4n) is 2.58. The van der Waals surface area contributed by atoms with Crippen molar-refractivity contribution in [2.45, 2.75) is 24.3 Å². The van der Waals surface area contributed by atoms with Gasteiger partial charge in [0.1, 0.15) is 5.75 Å². The van der Waals surface area contributed by atoms with Crippen molar-refractivity contribution in [1.82, 2.24) is 15.2 Å². The molecule has 0 saturated carbocycles. The van der Waals surface area contributed by atoms with Crippen LogP contribution in [0.1, 0.15) is 23.0 Å². The lowest BCUT2D eigenvalue weighted by Gasteiger charge is -2.14. The number of amides is 1. The van der Waals surface area contributed by atoms with Crippen LogP contribution in [0.2, 0.25) is 5.02 Å². The molecule has 7 nitrogen and oxygen atoms in total. The van der Waals surface area contributed by atoms with Gasteiger partial charge in [-0.15, -0.1) is 10.2 Å². The van der Waals surface area contributed by atoms with Crippen molar-refractivity contribution in [3.63, 3.8) is 0 Å². The van der Waals surface area contributed by atoms with Crippen molar-refractivity contribution in [3.8, 4) is 16.9 Å². The smallest absolute Gasteiger partial charge is 0.259 e. The molecule has 1 amide bonds. The number of aliphatic hydroxyl groups excluding tert-OH is 1. The van der Waals surface area contributed by atoms with Crippen molar-refractivity contribution in [3.05, 3.63) is 46.5 Å². The van der Waals surface area contributed by atoms with Gasteiger partial charge in [0.2, 0.25) is 5.13 Å². The van der Waals surface area contributed by atoms with Crippen LogP contribution in [-0.2, 0) is 0 Å². The Hall–Kier alpha value is -2.27. The molecule has 0 aliphatic heterocycles. The molecular formula is C19H18ClFN4O3S2. The molecule has 2 aromatic heterocycles. The van der Waals surface area contributed by atoms with Crippen molar-refractivity contribution in [2.75, 3.05) is 18.2 Å². The Morgan fingerprint density at radius 3 is 2.90 bits per heavy atom. The number of hydrogen-bond acceptors (Lipinski definition) is 8. The van der Waals surface area contributed by atoms with Crippen LogP contribution in [0.15, 0.2) is 28.7 Å². The van der Waals surface area contributed by atoms with Crippen LogP contribution in [0, 0.1) is 12.7 Å². The van der Waals surface area contributed by atoms with E-state index in [1.165, 1.54) is 48.5 Å². The number of methoxy groups -OCH3 is 1. The molecule has 0 bridgehead atoms. The summed E-state index contributed by atoms with van der Waals surface area (Å²) in [6.45, 7) is 3.41. The zero-order chi connectivity index (χ0) is 21.8. The summed E-state index contributed by atoms with van der Waals surface area (Å²) in [6.07, 6.45) is 0.880. The van der Waals surface area contributed by atoms with Gasteiger partial charge < -0.3 is 9.84 Å². The Morgan fingerprint density at radius 1 is 1.43 bits per heavy atom. The van der Waals surface area contributed by atoms with Crippen LogP contribution >= 0.6 is 34.7 Å². The van der Waals surface area contributed by atoms with E-state index in [9.17, 15) is 14.3 Å². The maximum absolute atomic E-state index is 14.9. The highest BCUT2D eigenvalue weighted by Gasteiger charge is 2.23. The van der Waals surface area contributed by atoms with Gasteiger partial charge in [0, 0.05) is 23.2 Å². The maximum atomic E-state index is 14.9. The van der Waals surface area contributed by atoms with Crippen LogP contribution in [0.3, 0.4) is 0 Å². The SMILES string of the molecule is COc1ccc(Cl)c(F)c1-c1cc(C)ncc1C(=O)Nc1nnc(SC[C@H](C)O)s1. The minimum atomic E-state index is -0.691. The van der Waals surface area contributed by atoms with E-state index >= 15 is 0 Å². The van der Waals surface area contributed by atoms with Crippen molar-refractivity contribution < 1.29 is 19.0 Å². The molecule has 2 heterocycles. The molecule has 11 heteroatoms. The Morgan fingerprint density at radius 2 is 2.20 bits per heavy atom. The third-order valence-electron chi connectivity index (χ3n) is 3.91. The second-order valence-corrected chi connectivity index (χ2v) is 8.95. The van der Waals surface area contributed by atoms with Crippen molar-refractivity contribution >= 4 is 45.7 Å². The van der Waals surface area contributed by atoms with Crippen LogP contribution in [0.25, 0.3) is 11.1 Å². The summed E-state index contributed by atoms with van der Waals surface area (Å²) >= 11 is 8.47. The number of benzene rings is 1. The fraction of sp³-hybridized carbons (Fsp3) is 0.263. The van der Waals surface area contributed by atoms with E-state index in [0.717, 1.165) is 0 Å². The second-order valence-electron chi connectivity index (χ2n) is 6.30. The standard InChI is InChI=1S/C19H18ClFN4O3S2/c1-9-6-11(15-14(28-3)5-4-13(20)16(15)21)12(7-22-9)17(27)23-18-24-25-19(30-18)29-8-10(2)26/h4-7,10,26H,8H2,1-3H3,(H,23,24,27)/t10-/m0/s1. The van der Waals surface area contributed by atoms with Crippen LogP contribution in [-0.4, -0.2) is 45.2 Å². The van der Waals surface area contributed by atoms with Gasteiger partial charge in [0.05, 0.1) is 29.4 Å². The number of halogens is 2. The quantitative estimate of drug-likeness (QED) is 0.391. The summed E-state index contributed by atoms with van der Waals surface area (Å²) < 4.78 is 20.8. The number of pyridine rings is 1. The first-order valence-corrected chi connectivity index (χ1v) is 10.9. The Balaban J connectivity index is 1.95. The highest BCUT2D eigenvalue weighted by atomic mass is 35.5. The lowest BCUT2D eigenvalue weighted by molar-refractivity contribution is 0.102. The Labute approximate surface area is 185 Å². The third-order valence-corrected chi connectivity index (χ3v) is 6.41. The number of rotatable bonds is 7. The molecule has 3 aromatic rings. The van der Waals surface area contributed by atoms with E-state index in [0.29, 0.717) is 21.3 Å². The molecule has 158 valence electrons. The van der Waals surface area contributed by atoms with Gasteiger partial charge in [-0.1, -0.05) is 34.7 Å². The predicted molar refractivity (Wildman–Crippen MR) is 116 cm³/mol. The molecule has 1 atom stereocenters. The monoisotopic (exact) mass is 468 g/mol. The highest BCUT2D eigenvalue weighted by Crippen LogP contribution is 2.38. The molecular weight excluding hydrogens is 451 g/mol. The maximum Gasteiger partial charge on any atom is 0.259 e. The summed E-state index contributed by atoms with van der Waals surface area (Å²) in [6, 6.07) is 4.52. The summed E-state index contributed by atoms with van der Waals surface area (Å²) in [5.41, 5.74) is 1.10. The van der Waals surface area contributed by atoms with Gasteiger partial charge in [-0.05, 0) is 32.0 Å². The van der Waals surface area contributed by atoms with Crippen molar-refractivity contribution in [2.24, 2.45) is 0 Å². The fourth-order valence-corrected chi connectivity index (χ4v) is 4.37. The number of anilines is 1. The van der Waals surface area contributed by atoms with Gasteiger partial charge in [0.25, 0.3) is 5.91 Å². The van der Waals surface area contributed by atoms with Gasteiger partial charge >= 0.3 is 0 Å². The lowest BCUT2D eigenvalue weighted by atomic mass is 9.98. The molecule has 1 aromatic carbocycles. The normalized spacial score (nSPS) is 11.9. The molecule has 0 saturated heterocycles. The molecule has 0 spiro atoms. The van der Waals surface area contributed by atoms with Gasteiger partial charge in [-0.25, -0.2) is 4.39 Å². The van der Waals surface area contributed by atoms with Gasteiger partial charge in [0.15, 0.2) is 10.2 Å². The number of carbonyl (C=O) groups excluding carboxylic acids is 1. The third kappa shape index (κ3) is 5.07. The van der Waals surface area contributed by atoms with E-state index in [1.807, 2.05) is 0 Å². The first kappa shape index (κ1) is 22.4. The first-order valence-electron chi connectivity index (χ1n) is 8.75. The lowest BCUT2D eigenvalue weighted by Crippen LogP contribution is -2.14. The second kappa shape index (κ2) is 9.69. The van der Waals surface area contributed by atoms with Crippen LogP contribution < -0.4 is 10.1 Å². The molecule has 0 radical (unpaired) electrons. The predicted octanol–water partition coefficient (Wildman–Crippen LogP) is 4.43. The largest absolute Gasteiger partial charge is 0.496 e. The van der Waals surface area contributed by atoms with Gasteiger partial charge in [-0.2, -0.15) is 0 Å². The number of nitrogens with one attached hydrogen (secondary N) is 1. The number of carbonyl (C=O) groups is 1. The number of thioether (sulfide) groups is 1. The van der Waals surface area contributed by atoms with E-state index < -0.39 is 17.8 Å². The highest BCUT2D eigenvalue weighted by molar-refractivity contribution is 8.01. The molecule has 0 fully saturated rings. The molecule has 3 rings (SSSR count). The molecule has 0 aliphatic rings. The van der Waals surface area contributed by atoms with E-state index in [4.69, 9.17) is 16.3 Å². The summed E-state index contributed by atoms with van der Waals surface area (Å²) in [5.74, 6) is -0.516. The van der Waals surface area contributed by atoms with E-state index in [2.05, 4.69) is 20.5 Å². The topological polar surface area (TPSA) is 97.2 Å². The van der Waals surface area contributed by atoms with Crippen molar-refractivity contribution in [1.29, 1.82) is 0 Å². The zero-order valence-corrected chi connectivity index (χ0v) is 18.7. The zero-order valence-electron chi connectivity index (χ0n) is 16.3. The molecule has 0 unspecified atom stereocenters. The molecule has 0 aliphatic carbocycles. The number of aliphatic hydroxyl groups is 1. The van der Waals surface area contributed by atoms with Gasteiger partial charge in [-0.3, -0.25) is 15.1 Å². The summed E-state index contributed by atoms with van der Waals surface area (Å²) in [4.78, 5) is 17.1. The average molecular weight is 469 g/mol. The molecule has 2 N–H and O–H groups in total. The van der Waals surface area contributed by atoms with E-state index in [-0.39, 0.29) is 27.0 Å². The Bertz CT molecular complexity index is 1080. The molecule has 30 heavy (non-hydrogen) atoms. The first-order chi connectivity index (χ1) is 14.3. The number of aryl methyl sites for hydroxylation is 1. The van der Waals surface area contributed by atoms with Crippen LogP contribution in [0.4, 0.5) is 9.52 Å².